The van der Waals surface area contributed by atoms with Crippen molar-refractivity contribution in [1.82, 2.24) is 30.6 Å². The maximum absolute atomic E-state index is 15.4. The third-order valence-corrected chi connectivity index (χ3v) is 13.0. The summed E-state index contributed by atoms with van der Waals surface area (Å²) in [5.74, 6) is -0.341. The molecule has 4 atom stereocenters. The molecule has 2 saturated carbocycles. The number of amides is 5. The van der Waals surface area contributed by atoms with E-state index in [0.29, 0.717) is 47.2 Å². The molecular weight excluding hydrogens is 769 g/mol. The number of aromatic nitrogens is 2. The van der Waals surface area contributed by atoms with Gasteiger partial charge in [0, 0.05) is 64.3 Å². The fourth-order valence-corrected chi connectivity index (χ4v) is 9.56. The van der Waals surface area contributed by atoms with Gasteiger partial charge in [-0.1, -0.05) is 11.6 Å². The molecule has 15 nitrogen and oxygen atoms in total. The molecule has 0 bridgehead atoms. The minimum absolute atomic E-state index is 0.00726. The Kier molecular flexibility index (Phi) is 9.97. The molecule has 3 saturated heterocycles. The second-order valence-corrected chi connectivity index (χ2v) is 16.5. The number of rotatable bonds is 9. The molecule has 2 aromatic carbocycles. The standard InChI is InChI=1S/C41H41ClFN9O6/c42-31-15-25(4-1-22(31)18-44)58-24-5-2-23(3-6-24)45-38(54)33-7-9-36(48-47-33)51-20-29-28(30(29)21-51)19-49-11-13-50(14-12-49)35-17-27-26(16-32(35)43)40(56)52(41(27)57)34-8-10-37(53)46-39(34)55/h1,4,7,9,15-17,23-24,28-30,34H,2-3,5-6,8,10-14,19-21H2,(H,45,54)(H,46,53,55)/t23?,24?,28-,29+,30-,34?. The van der Waals surface area contributed by atoms with E-state index >= 15 is 4.39 Å². The first-order valence-electron chi connectivity index (χ1n) is 19.8. The third-order valence-electron chi connectivity index (χ3n) is 12.6. The molecule has 5 heterocycles. The van der Waals surface area contributed by atoms with E-state index in [2.05, 4.69) is 30.6 Å². The predicted octanol–water partition coefficient (Wildman–Crippen LogP) is 3.17. The second kappa shape index (κ2) is 15.3. The first kappa shape index (κ1) is 37.9. The molecule has 58 heavy (non-hydrogen) atoms. The molecule has 2 N–H and O–H groups in total. The molecule has 6 aliphatic rings. The summed E-state index contributed by atoms with van der Waals surface area (Å²) in [6.07, 6.45) is 3.16. The summed E-state index contributed by atoms with van der Waals surface area (Å²) >= 11 is 6.14. The summed E-state index contributed by atoms with van der Waals surface area (Å²) in [6.45, 7) is 5.26. The number of carbonyl (C=O) groups is 5. The Morgan fingerprint density at radius 1 is 0.914 bits per heavy atom. The maximum atomic E-state index is 15.4. The van der Waals surface area contributed by atoms with E-state index in [9.17, 15) is 24.0 Å². The number of benzene rings is 2. The van der Waals surface area contributed by atoms with Gasteiger partial charge in [-0.05, 0) is 86.3 Å². The lowest BCUT2D eigenvalue weighted by molar-refractivity contribution is -0.136. The van der Waals surface area contributed by atoms with Gasteiger partial charge >= 0.3 is 0 Å². The number of nitriles is 1. The van der Waals surface area contributed by atoms with Crippen molar-refractivity contribution in [1.29, 1.82) is 5.26 Å². The molecule has 3 aromatic rings. The summed E-state index contributed by atoms with van der Waals surface area (Å²) in [4.78, 5) is 70.8. The third kappa shape index (κ3) is 7.21. The van der Waals surface area contributed by atoms with Crippen LogP contribution < -0.4 is 25.2 Å². The van der Waals surface area contributed by atoms with Crippen molar-refractivity contribution in [3.63, 3.8) is 0 Å². The molecule has 0 radical (unpaired) electrons. The zero-order chi connectivity index (χ0) is 40.2. The van der Waals surface area contributed by atoms with E-state index in [1.54, 1.807) is 24.3 Å². The minimum Gasteiger partial charge on any atom is -0.490 e. The average molecular weight is 810 g/mol. The van der Waals surface area contributed by atoms with Crippen LogP contribution in [0.4, 0.5) is 15.9 Å². The number of hydrogen-bond acceptors (Lipinski definition) is 12. The molecule has 5 amide bonds. The molecule has 1 unspecified atom stereocenters. The Balaban J connectivity index is 0.712. The fraction of sp³-hybridized carbons (Fsp3) is 0.463. The number of anilines is 2. The van der Waals surface area contributed by atoms with Crippen LogP contribution in [0.15, 0.2) is 42.5 Å². The summed E-state index contributed by atoms with van der Waals surface area (Å²) in [5.41, 5.74) is 0.950. The van der Waals surface area contributed by atoms with Gasteiger partial charge in [0.2, 0.25) is 11.8 Å². The van der Waals surface area contributed by atoms with Gasteiger partial charge in [0.05, 0.1) is 33.5 Å². The Hall–Kier alpha value is -5.66. The maximum Gasteiger partial charge on any atom is 0.272 e. The predicted molar refractivity (Wildman–Crippen MR) is 207 cm³/mol. The van der Waals surface area contributed by atoms with Gasteiger partial charge in [0.1, 0.15) is 23.7 Å². The molecule has 300 valence electrons. The smallest absolute Gasteiger partial charge is 0.272 e. The monoisotopic (exact) mass is 809 g/mol. The molecule has 9 rings (SSSR count). The number of ether oxygens (including phenoxy) is 1. The summed E-state index contributed by atoms with van der Waals surface area (Å²) in [6, 6.07) is 12.1. The van der Waals surface area contributed by atoms with Crippen LogP contribution in [0, 0.1) is 34.9 Å². The van der Waals surface area contributed by atoms with Gasteiger partial charge in [-0.25, -0.2) is 4.39 Å². The van der Waals surface area contributed by atoms with Crippen LogP contribution in [0.5, 0.6) is 5.75 Å². The fourth-order valence-electron chi connectivity index (χ4n) is 9.35. The SMILES string of the molecule is N#Cc1ccc(OC2CCC(NC(=O)c3ccc(N4C[C@@H]5[C@H](CN6CCN(c7cc8c(cc7F)C(=O)N(C7CCC(=O)NC7=O)C8=O)CC6)[C@@H]5C4)nn3)CC2)cc1Cl. The lowest BCUT2D eigenvalue weighted by Gasteiger charge is -2.36. The Morgan fingerprint density at radius 3 is 2.29 bits per heavy atom. The van der Waals surface area contributed by atoms with Crippen LogP contribution in [-0.2, 0) is 9.59 Å². The first-order chi connectivity index (χ1) is 28.0. The molecule has 5 fully saturated rings. The lowest BCUT2D eigenvalue weighted by Crippen LogP contribution is -2.54. The minimum atomic E-state index is -1.10. The van der Waals surface area contributed by atoms with Gasteiger partial charge in [0.25, 0.3) is 17.7 Å². The summed E-state index contributed by atoms with van der Waals surface area (Å²) < 4.78 is 21.5. The van der Waals surface area contributed by atoms with E-state index in [-0.39, 0.29) is 53.4 Å². The largest absolute Gasteiger partial charge is 0.490 e. The zero-order valence-corrected chi connectivity index (χ0v) is 32.3. The number of hydrogen-bond donors (Lipinski definition) is 2. The van der Waals surface area contributed by atoms with E-state index < -0.39 is 35.5 Å². The molecular formula is C41H41ClFN9O6. The van der Waals surface area contributed by atoms with Crippen LogP contribution in [-0.4, -0.2) is 114 Å². The number of halogens is 2. The van der Waals surface area contributed by atoms with Crippen molar-refractivity contribution in [3.05, 3.63) is 75.7 Å². The highest BCUT2D eigenvalue weighted by Gasteiger charge is 2.56. The van der Waals surface area contributed by atoms with Crippen LogP contribution in [0.3, 0.4) is 0 Å². The number of carbonyl (C=O) groups excluding carboxylic acids is 5. The number of fused-ring (bicyclic) bond motifs is 2. The van der Waals surface area contributed by atoms with E-state index in [4.69, 9.17) is 21.6 Å². The van der Waals surface area contributed by atoms with Crippen molar-refractivity contribution < 1.29 is 33.1 Å². The van der Waals surface area contributed by atoms with Crippen LogP contribution in [0.2, 0.25) is 5.02 Å². The van der Waals surface area contributed by atoms with Crippen molar-refractivity contribution in [2.45, 2.75) is 56.7 Å². The van der Waals surface area contributed by atoms with Crippen molar-refractivity contribution in [2.24, 2.45) is 17.8 Å². The van der Waals surface area contributed by atoms with Gasteiger partial charge in [-0.2, -0.15) is 5.26 Å². The number of piperidine rings is 2. The van der Waals surface area contributed by atoms with Gasteiger partial charge in [-0.15, -0.1) is 10.2 Å². The molecule has 0 spiro atoms. The Morgan fingerprint density at radius 2 is 1.64 bits per heavy atom. The van der Waals surface area contributed by atoms with Crippen molar-refractivity contribution >= 4 is 52.6 Å². The van der Waals surface area contributed by atoms with Gasteiger partial charge in [0.15, 0.2) is 11.5 Å². The Bertz CT molecular complexity index is 2230. The van der Waals surface area contributed by atoms with Crippen LogP contribution >= 0.6 is 11.6 Å². The lowest BCUT2D eigenvalue weighted by atomic mass is 9.93. The first-order valence-corrected chi connectivity index (χ1v) is 20.2. The Labute approximate surface area is 338 Å². The normalized spacial score (nSPS) is 26.9. The highest BCUT2D eigenvalue weighted by Crippen LogP contribution is 2.52. The van der Waals surface area contributed by atoms with Gasteiger partial charge < -0.3 is 19.9 Å². The number of piperazine rings is 1. The number of nitrogens with one attached hydrogen (secondary N) is 2. The van der Waals surface area contributed by atoms with Crippen LogP contribution in [0.25, 0.3) is 0 Å². The zero-order valence-electron chi connectivity index (χ0n) is 31.5. The molecule has 17 heteroatoms. The highest BCUT2D eigenvalue weighted by atomic mass is 35.5. The second-order valence-electron chi connectivity index (χ2n) is 16.1. The van der Waals surface area contributed by atoms with E-state index in [1.807, 2.05) is 17.0 Å². The summed E-state index contributed by atoms with van der Waals surface area (Å²) in [7, 11) is 0. The summed E-state index contributed by atoms with van der Waals surface area (Å²) in [5, 5.41) is 23.4. The van der Waals surface area contributed by atoms with Crippen molar-refractivity contribution in [2.75, 3.05) is 55.6 Å². The number of imide groups is 2. The molecule has 4 aliphatic heterocycles. The van der Waals surface area contributed by atoms with E-state index in [1.165, 1.54) is 6.07 Å². The van der Waals surface area contributed by atoms with Gasteiger partial charge in [-0.3, -0.25) is 39.1 Å². The molecule has 2 aliphatic carbocycles. The van der Waals surface area contributed by atoms with Crippen molar-refractivity contribution in [3.8, 4) is 11.8 Å². The van der Waals surface area contributed by atoms with Crippen LogP contribution in [0.1, 0.15) is 75.3 Å². The quantitative estimate of drug-likeness (QED) is 0.302. The molecule has 1 aromatic heterocycles. The highest BCUT2D eigenvalue weighted by molar-refractivity contribution is 6.31. The average Bonchev–Trinajstić information content (AvgIpc) is 3.52. The van der Waals surface area contributed by atoms with E-state index in [0.717, 1.165) is 75.2 Å². The topological polar surface area (TPSA) is 181 Å². The number of nitrogens with zero attached hydrogens (tertiary/aromatic N) is 7.